The van der Waals surface area contributed by atoms with E-state index in [1.807, 2.05) is 12.1 Å². The Morgan fingerprint density at radius 3 is 2.64 bits per heavy atom. The minimum atomic E-state index is 0.0172. The quantitative estimate of drug-likeness (QED) is 0.912. The first-order valence-electron chi connectivity index (χ1n) is 3.97. The second kappa shape index (κ2) is 4.16. The van der Waals surface area contributed by atoms with Gasteiger partial charge in [-0.2, -0.15) is 0 Å². The Hall–Kier alpha value is -0.780. The predicted molar refractivity (Wildman–Crippen MR) is 59.0 cm³/mol. The third kappa shape index (κ3) is 1.84. The molecular formula is C9H7BrN2OS. The van der Waals surface area contributed by atoms with Crippen LogP contribution in [0, 0.1) is 0 Å². The third-order valence-corrected chi connectivity index (χ3v) is 3.73. The summed E-state index contributed by atoms with van der Waals surface area (Å²) >= 11 is 4.78. The number of halogens is 1. The van der Waals surface area contributed by atoms with Crippen LogP contribution >= 0.6 is 27.3 Å². The zero-order valence-electron chi connectivity index (χ0n) is 7.14. The Bertz CT molecular complexity index is 430. The van der Waals surface area contributed by atoms with Crippen LogP contribution in [0.2, 0.25) is 0 Å². The van der Waals surface area contributed by atoms with E-state index in [-0.39, 0.29) is 6.61 Å². The van der Waals surface area contributed by atoms with E-state index < -0.39 is 0 Å². The van der Waals surface area contributed by atoms with Crippen molar-refractivity contribution >= 4 is 27.3 Å². The Morgan fingerprint density at radius 1 is 1.36 bits per heavy atom. The molecule has 0 amide bonds. The summed E-state index contributed by atoms with van der Waals surface area (Å²) in [5.41, 5.74) is 1.02. The summed E-state index contributed by atoms with van der Waals surface area (Å²) in [5.74, 6) is 0. The lowest BCUT2D eigenvalue weighted by molar-refractivity contribution is 0.284. The number of hydrogen-bond donors (Lipinski definition) is 1. The monoisotopic (exact) mass is 270 g/mol. The average molecular weight is 271 g/mol. The Kier molecular flexibility index (Phi) is 2.90. The van der Waals surface area contributed by atoms with Gasteiger partial charge in [0, 0.05) is 18.0 Å². The summed E-state index contributed by atoms with van der Waals surface area (Å²) in [6.07, 6.45) is 3.45. The van der Waals surface area contributed by atoms with Crippen molar-refractivity contribution in [1.82, 2.24) is 9.97 Å². The van der Waals surface area contributed by atoms with E-state index in [2.05, 4.69) is 25.9 Å². The number of aliphatic hydroxyl groups excluding tert-OH is 1. The highest BCUT2D eigenvalue weighted by atomic mass is 79.9. The second-order valence-electron chi connectivity index (χ2n) is 2.63. The van der Waals surface area contributed by atoms with Crippen LogP contribution in [0.3, 0.4) is 0 Å². The topological polar surface area (TPSA) is 46.0 Å². The molecule has 14 heavy (non-hydrogen) atoms. The molecule has 0 aromatic carbocycles. The smallest absolute Gasteiger partial charge is 0.125 e. The van der Waals surface area contributed by atoms with Gasteiger partial charge < -0.3 is 5.11 Å². The summed E-state index contributed by atoms with van der Waals surface area (Å²) < 4.78 is 0.719. The highest BCUT2D eigenvalue weighted by molar-refractivity contribution is 9.10. The minimum absolute atomic E-state index is 0.0172. The lowest BCUT2D eigenvalue weighted by Gasteiger charge is -1.91. The largest absolute Gasteiger partial charge is 0.391 e. The molecule has 0 fully saturated rings. The average Bonchev–Trinajstić information content (AvgIpc) is 2.61. The van der Waals surface area contributed by atoms with Gasteiger partial charge in [0.25, 0.3) is 0 Å². The van der Waals surface area contributed by atoms with Crippen LogP contribution in [0.4, 0.5) is 0 Å². The van der Waals surface area contributed by atoms with Crippen molar-refractivity contribution in [3.63, 3.8) is 0 Å². The van der Waals surface area contributed by atoms with Crippen LogP contribution in [-0.2, 0) is 6.61 Å². The van der Waals surface area contributed by atoms with E-state index in [1.54, 1.807) is 12.4 Å². The van der Waals surface area contributed by atoms with Gasteiger partial charge in [0.1, 0.15) is 9.61 Å². The third-order valence-electron chi connectivity index (χ3n) is 1.72. The fraction of sp³-hybridized carbons (Fsp3) is 0.111. The molecule has 0 bridgehead atoms. The van der Waals surface area contributed by atoms with E-state index in [4.69, 9.17) is 5.11 Å². The van der Waals surface area contributed by atoms with Crippen molar-refractivity contribution in [1.29, 1.82) is 0 Å². The van der Waals surface area contributed by atoms with Crippen LogP contribution in [0.5, 0.6) is 0 Å². The molecule has 2 aromatic rings. The van der Waals surface area contributed by atoms with Gasteiger partial charge in [-0.05, 0) is 28.1 Å². The van der Waals surface area contributed by atoms with Crippen LogP contribution in [0.15, 0.2) is 29.1 Å². The molecule has 1 N–H and O–H groups in total. The fourth-order valence-corrected chi connectivity index (χ4v) is 2.53. The van der Waals surface area contributed by atoms with Crippen molar-refractivity contribution in [3.8, 4) is 10.6 Å². The molecule has 2 rings (SSSR count). The summed E-state index contributed by atoms with van der Waals surface area (Å²) in [6.45, 7) is 0.0172. The number of aromatic nitrogens is 2. The molecule has 0 unspecified atom stereocenters. The molecule has 0 atom stereocenters. The molecule has 2 heterocycles. The molecule has 0 radical (unpaired) electrons. The van der Waals surface area contributed by atoms with E-state index in [1.165, 1.54) is 11.3 Å². The highest BCUT2D eigenvalue weighted by Gasteiger charge is 2.08. The van der Waals surface area contributed by atoms with Gasteiger partial charge in [-0.3, -0.25) is 4.98 Å². The lowest BCUT2D eigenvalue weighted by Crippen LogP contribution is -1.76. The van der Waals surface area contributed by atoms with Gasteiger partial charge in [0.2, 0.25) is 0 Å². The van der Waals surface area contributed by atoms with Gasteiger partial charge in [-0.1, -0.05) is 0 Å². The minimum Gasteiger partial charge on any atom is -0.391 e. The number of nitrogens with zero attached hydrogens (tertiary/aromatic N) is 2. The van der Waals surface area contributed by atoms with E-state index >= 15 is 0 Å². The summed E-state index contributed by atoms with van der Waals surface area (Å²) in [7, 11) is 0. The van der Waals surface area contributed by atoms with Crippen molar-refractivity contribution in [2.75, 3.05) is 0 Å². The maximum absolute atomic E-state index is 9.01. The van der Waals surface area contributed by atoms with Gasteiger partial charge in [0.05, 0.1) is 11.5 Å². The predicted octanol–water partition coefficient (Wildman–Crippen LogP) is 2.46. The van der Waals surface area contributed by atoms with Gasteiger partial charge in [-0.25, -0.2) is 4.98 Å². The molecule has 0 saturated carbocycles. The molecule has 3 nitrogen and oxygen atoms in total. The van der Waals surface area contributed by atoms with E-state index in [9.17, 15) is 0 Å². The van der Waals surface area contributed by atoms with Crippen LogP contribution in [0.1, 0.15) is 4.88 Å². The summed E-state index contributed by atoms with van der Waals surface area (Å²) in [6, 6.07) is 3.79. The normalized spacial score (nSPS) is 10.4. The zero-order valence-corrected chi connectivity index (χ0v) is 9.55. The van der Waals surface area contributed by atoms with Gasteiger partial charge >= 0.3 is 0 Å². The van der Waals surface area contributed by atoms with E-state index in [0.717, 1.165) is 20.1 Å². The molecule has 5 heteroatoms. The maximum atomic E-state index is 9.01. The zero-order chi connectivity index (χ0) is 9.97. The first-order chi connectivity index (χ1) is 6.81. The van der Waals surface area contributed by atoms with Gasteiger partial charge in [-0.15, -0.1) is 11.3 Å². The van der Waals surface area contributed by atoms with Gasteiger partial charge in [0.15, 0.2) is 0 Å². The number of aliphatic hydroxyl groups is 1. The molecule has 0 spiro atoms. The van der Waals surface area contributed by atoms with Crippen LogP contribution < -0.4 is 0 Å². The molecule has 2 aromatic heterocycles. The van der Waals surface area contributed by atoms with Crippen LogP contribution in [-0.4, -0.2) is 15.1 Å². The first-order valence-corrected chi connectivity index (χ1v) is 5.58. The van der Waals surface area contributed by atoms with Crippen molar-refractivity contribution in [2.24, 2.45) is 0 Å². The Morgan fingerprint density at radius 2 is 2.07 bits per heavy atom. The second-order valence-corrected chi connectivity index (χ2v) is 4.46. The standard InChI is InChI=1S/C9H7BrN2OS/c10-8-7(5-13)14-9(12-8)6-1-3-11-4-2-6/h1-4,13H,5H2. The molecule has 0 aliphatic carbocycles. The molecule has 0 saturated heterocycles. The van der Waals surface area contributed by atoms with Crippen molar-refractivity contribution in [2.45, 2.75) is 6.61 Å². The SMILES string of the molecule is OCc1sc(-c2ccncc2)nc1Br. The van der Waals surface area contributed by atoms with Crippen molar-refractivity contribution in [3.05, 3.63) is 34.0 Å². The molecular weight excluding hydrogens is 264 g/mol. The highest BCUT2D eigenvalue weighted by Crippen LogP contribution is 2.30. The maximum Gasteiger partial charge on any atom is 0.125 e. The first kappa shape index (κ1) is 9.76. The lowest BCUT2D eigenvalue weighted by atomic mass is 10.3. The van der Waals surface area contributed by atoms with Crippen LogP contribution in [0.25, 0.3) is 10.6 Å². The number of hydrogen-bond acceptors (Lipinski definition) is 4. The molecule has 0 aliphatic heterocycles. The Balaban J connectivity index is 2.43. The fourth-order valence-electron chi connectivity index (χ4n) is 1.05. The Labute approximate surface area is 93.6 Å². The number of thiazole rings is 1. The van der Waals surface area contributed by atoms with Crippen molar-refractivity contribution < 1.29 is 5.11 Å². The van der Waals surface area contributed by atoms with E-state index in [0.29, 0.717) is 0 Å². The summed E-state index contributed by atoms with van der Waals surface area (Å²) in [4.78, 5) is 9.08. The molecule has 0 aliphatic rings. The number of rotatable bonds is 2. The molecule has 72 valence electrons. The number of pyridine rings is 1. The summed E-state index contributed by atoms with van der Waals surface area (Å²) in [5, 5.41) is 9.90.